The van der Waals surface area contributed by atoms with Crippen molar-refractivity contribution in [1.29, 1.82) is 0 Å². The van der Waals surface area contributed by atoms with E-state index in [1.54, 1.807) is 0 Å². The fourth-order valence-corrected chi connectivity index (χ4v) is 2.85. The summed E-state index contributed by atoms with van der Waals surface area (Å²) in [5.74, 6) is 6.09. The summed E-state index contributed by atoms with van der Waals surface area (Å²) in [5.41, 5.74) is 5.87. The molecule has 0 aliphatic carbocycles. The lowest BCUT2D eigenvalue weighted by Gasteiger charge is -2.23. The lowest BCUT2D eigenvalue weighted by Crippen LogP contribution is -2.24. The van der Waals surface area contributed by atoms with Crippen LogP contribution in [0.3, 0.4) is 0 Å². The van der Waals surface area contributed by atoms with Gasteiger partial charge in [0.1, 0.15) is 0 Å². The second-order valence-corrected chi connectivity index (χ2v) is 4.68. The van der Waals surface area contributed by atoms with E-state index in [1.165, 1.54) is 24.3 Å². The van der Waals surface area contributed by atoms with Crippen molar-refractivity contribution in [3.05, 3.63) is 0 Å². The van der Waals surface area contributed by atoms with E-state index in [2.05, 4.69) is 17.7 Å². The van der Waals surface area contributed by atoms with Gasteiger partial charge in [0.05, 0.1) is 0 Å². The van der Waals surface area contributed by atoms with Gasteiger partial charge in [0, 0.05) is 12.5 Å². The van der Waals surface area contributed by atoms with Crippen molar-refractivity contribution in [2.45, 2.75) is 31.7 Å². The van der Waals surface area contributed by atoms with Crippen molar-refractivity contribution >= 4 is 11.8 Å². The van der Waals surface area contributed by atoms with Crippen LogP contribution >= 0.6 is 11.8 Å². The molecule has 68 valence electrons. The minimum atomic E-state index is 0.239. The van der Waals surface area contributed by atoms with Crippen LogP contribution in [0.4, 0.5) is 0 Å². The largest absolute Gasteiger partial charge is 0.327 e. The second kappa shape index (κ2) is 5.50. The van der Waals surface area contributed by atoms with E-state index in [4.69, 9.17) is 12.2 Å². The van der Waals surface area contributed by atoms with E-state index in [0.717, 1.165) is 18.8 Å². The van der Waals surface area contributed by atoms with Crippen molar-refractivity contribution in [2.24, 2.45) is 11.7 Å². The number of nitrogens with two attached hydrogens (primary N) is 1. The SMILES string of the molecule is C#CCC(N)CC1CCSCC1. The quantitative estimate of drug-likeness (QED) is 0.676. The summed E-state index contributed by atoms with van der Waals surface area (Å²) in [4.78, 5) is 0. The van der Waals surface area contributed by atoms with Gasteiger partial charge >= 0.3 is 0 Å². The molecule has 1 saturated heterocycles. The van der Waals surface area contributed by atoms with Crippen molar-refractivity contribution in [3.63, 3.8) is 0 Å². The number of hydrogen-bond acceptors (Lipinski definition) is 2. The Morgan fingerprint density at radius 3 is 2.75 bits per heavy atom. The minimum absolute atomic E-state index is 0.239. The molecule has 1 nitrogen and oxygen atoms in total. The van der Waals surface area contributed by atoms with Gasteiger partial charge in [-0.15, -0.1) is 12.3 Å². The van der Waals surface area contributed by atoms with E-state index in [1.807, 2.05) is 0 Å². The maximum absolute atomic E-state index is 5.87. The highest BCUT2D eigenvalue weighted by atomic mass is 32.2. The van der Waals surface area contributed by atoms with Gasteiger partial charge in [0.2, 0.25) is 0 Å². The van der Waals surface area contributed by atoms with Gasteiger partial charge < -0.3 is 5.73 Å². The molecule has 0 saturated carbocycles. The number of rotatable bonds is 3. The first-order valence-electron chi connectivity index (χ1n) is 4.59. The minimum Gasteiger partial charge on any atom is -0.327 e. The van der Waals surface area contributed by atoms with Gasteiger partial charge in [-0.3, -0.25) is 0 Å². The molecule has 1 aliphatic heterocycles. The lowest BCUT2D eigenvalue weighted by atomic mass is 9.93. The molecule has 0 amide bonds. The van der Waals surface area contributed by atoms with Crippen LogP contribution in [0, 0.1) is 18.3 Å². The maximum atomic E-state index is 5.87. The molecule has 1 rings (SSSR count). The fraction of sp³-hybridized carbons (Fsp3) is 0.800. The molecule has 0 aromatic carbocycles. The molecular formula is C10H17NS. The maximum Gasteiger partial charge on any atom is 0.0238 e. The molecule has 0 aromatic rings. The second-order valence-electron chi connectivity index (χ2n) is 3.46. The number of thioether (sulfide) groups is 1. The molecule has 1 unspecified atom stereocenters. The monoisotopic (exact) mass is 183 g/mol. The Hall–Kier alpha value is -0.130. The van der Waals surface area contributed by atoms with E-state index < -0.39 is 0 Å². The molecule has 1 fully saturated rings. The van der Waals surface area contributed by atoms with Crippen LogP contribution in [0.1, 0.15) is 25.7 Å². The first kappa shape index (κ1) is 9.95. The zero-order valence-corrected chi connectivity index (χ0v) is 8.28. The predicted molar refractivity (Wildman–Crippen MR) is 56.1 cm³/mol. The van der Waals surface area contributed by atoms with E-state index in [9.17, 15) is 0 Å². The zero-order valence-electron chi connectivity index (χ0n) is 7.46. The highest BCUT2D eigenvalue weighted by molar-refractivity contribution is 7.99. The predicted octanol–water partition coefficient (Wildman–Crippen LogP) is 1.87. The molecule has 0 radical (unpaired) electrons. The van der Waals surface area contributed by atoms with Gasteiger partial charge in [-0.05, 0) is 36.7 Å². The summed E-state index contributed by atoms with van der Waals surface area (Å²) in [5, 5.41) is 0. The molecule has 12 heavy (non-hydrogen) atoms. The first-order chi connectivity index (χ1) is 5.83. The summed E-state index contributed by atoms with van der Waals surface area (Å²) in [6.45, 7) is 0. The molecule has 0 spiro atoms. The molecule has 2 N–H and O–H groups in total. The van der Waals surface area contributed by atoms with Crippen LogP contribution in [0.15, 0.2) is 0 Å². The van der Waals surface area contributed by atoms with Crippen molar-refractivity contribution < 1.29 is 0 Å². The Morgan fingerprint density at radius 1 is 1.50 bits per heavy atom. The van der Waals surface area contributed by atoms with E-state index in [-0.39, 0.29) is 6.04 Å². The van der Waals surface area contributed by atoms with Gasteiger partial charge in [0.15, 0.2) is 0 Å². The Morgan fingerprint density at radius 2 is 2.17 bits per heavy atom. The molecule has 1 aliphatic rings. The summed E-state index contributed by atoms with van der Waals surface area (Å²) in [6, 6.07) is 0.239. The number of terminal acetylenes is 1. The van der Waals surface area contributed by atoms with E-state index >= 15 is 0 Å². The normalized spacial score (nSPS) is 21.7. The molecule has 0 bridgehead atoms. The van der Waals surface area contributed by atoms with Crippen molar-refractivity contribution in [3.8, 4) is 12.3 Å². The van der Waals surface area contributed by atoms with Gasteiger partial charge in [-0.25, -0.2) is 0 Å². The third kappa shape index (κ3) is 3.51. The van der Waals surface area contributed by atoms with Crippen LogP contribution in [-0.2, 0) is 0 Å². The Labute approximate surface area is 79.5 Å². The highest BCUT2D eigenvalue weighted by Gasteiger charge is 2.16. The molecule has 1 heterocycles. The Balaban J connectivity index is 2.16. The standard InChI is InChI=1S/C10H17NS/c1-2-3-10(11)8-9-4-6-12-7-5-9/h1,9-10H,3-8,11H2. The summed E-state index contributed by atoms with van der Waals surface area (Å²) in [7, 11) is 0. The molecule has 1 atom stereocenters. The molecular weight excluding hydrogens is 166 g/mol. The van der Waals surface area contributed by atoms with Crippen molar-refractivity contribution in [1.82, 2.24) is 0 Å². The van der Waals surface area contributed by atoms with Crippen LogP contribution in [-0.4, -0.2) is 17.5 Å². The van der Waals surface area contributed by atoms with Gasteiger partial charge in [0.25, 0.3) is 0 Å². The molecule has 2 heteroatoms. The Kier molecular flexibility index (Phi) is 4.57. The van der Waals surface area contributed by atoms with Gasteiger partial charge in [-0.2, -0.15) is 11.8 Å². The summed E-state index contributed by atoms with van der Waals surface area (Å²) < 4.78 is 0. The van der Waals surface area contributed by atoms with E-state index in [0.29, 0.717) is 0 Å². The average Bonchev–Trinajstić information content (AvgIpc) is 2.06. The summed E-state index contributed by atoms with van der Waals surface area (Å²) >= 11 is 2.06. The third-order valence-electron chi connectivity index (χ3n) is 2.36. The molecule has 0 aromatic heterocycles. The lowest BCUT2D eigenvalue weighted by molar-refractivity contribution is 0.410. The van der Waals surface area contributed by atoms with Crippen LogP contribution in [0.25, 0.3) is 0 Å². The van der Waals surface area contributed by atoms with Crippen molar-refractivity contribution in [2.75, 3.05) is 11.5 Å². The topological polar surface area (TPSA) is 26.0 Å². The summed E-state index contributed by atoms with van der Waals surface area (Å²) in [6.07, 6.45) is 9.74. The fourth-order valence-electron chi connectivity index (χ4n) is 1.64. The zero-order chi connectivity index (χ0) is 8.81. The van der Waals surface area contributed by atoms with Crippen LogP contribution in [0.2, 0.25) is 0 Å². The average molecular weight is 183 g/mol. The van der Waals surface area contributed by atoms with Crippen LogP contribution in [0.5, 0.6) is 0 Å². The highest BCUT2D eigenvalue weighted by Crippen LogP contribution is 2.26. The van der Waals surface area contributed by atoms with Gasteiger partial charge in [-0.1, -0.05) is 0 Å². The smallest absolute Gasteiger partial charge is 0.0238 e. The third-order valence-corrected chi connectivity index (χ3v) is 3.41. The Bertz CT molecular complexity index is 156. The first-order valence-corrected chi connectivity index (χ1v) is 5.75. The van der Waals surface area contributed by atoms with Crippen LogP contribution < -0.4 is 5.73 Å². The number of hydrogen-bond donors (Lipinski definition) is 1.